The molecule has 0 aliphatic heterocycles. The summed E-state index contributed by atoms with van der Waals surface area (Å²) < 4.78 is 0. The minimum Gasteiger partial charge on any atom is -0.244 e. The fourth-order valence-corrected chi connectivity index (χ4v) is 3.65. The van der Waals surface area contributed by atoms with Gasteiger partial charge in [-0.3, -0.25) is 0 Å². The molecular weight excluding hydrogens is 192 g/mol. The first-order valence-electron chi connectivity index (χ1n) is 4.90. The zero-order valence-electron chi connectivity index (χ0n) is 8.37. The Kier molecular flexibility index (Phi) is 1.52. The molecule has 0 fully saturated rings. The van der Waals surface area contributed by atoms with Crippen molar-refractivity contribution in [1.29, 1.82) is 0 Å². The van der Waals surface area contributed by atoms with Gasteiger partial charge in [-0.05, 0) is 23.8 Å². The summed E-state index contributed by atoms with van der Waals surface area (Å²) in [6.45, 7) is 4.63. The van der Waals surface area contributed by atoms with Crippen LogP contribution in [-0.2, 0) is 11.8 Å². The second-order valence-corrected chi connectivity index (χ2v) is 5.61. The Labute approximate surface area is 87.0 Å². The molecule has 2 heterocycles. The fourth-order valence-electron chi connectivity index (χ4n) is 2.36. The van der Waals surface area contributed by atoms with Gasteiger partial charge in [0.05, 0.1) is 0 Å². The number of fused-ring (bicyclic) bond motifs is 3. The van der Waals surface area contributed by atoms with E-state index in [2.05, 4.69) is 23.8 Å². The number of nitrogens with zero attached hydrogens (tertiary/aromatic N) is 2. The molecule has 0 saturated heterocycles. The summed E-state index contributed by atoms with van der Waals surface area (Å²) in [7, 11) is 0. The molecule has 2 aromatic rings. The molecule has 14 heavy (non-hydrogen) atoms. The fraction of sp³-hybridized carbons (Fsp3) is 0.455. The van der Waals surface area contributed by atoms with Crippen LogP contribution in [0.3, 0.4) is 0 Å². The molecule has 2 nitrogen and oxygen atoms in total. The molecule has 0 unspecified atom stereocenters. The second-order valence-electron chi connectivity index (χ2n) is 4.53. The van der Waals surface area contributed by atoms with Crippen molar-refractivity contribution in [2.75, 3.05) is 0 Å². The second kappa shape index (κ2) is 2.54. The van der Waals surface area contributed by atoms with E-state index in [4.69, 9.17) is 0 Å². The lowest BCUT2D eigenvalue weighted by atomic mass is 9.86. The number of thiophene rings is 1. The Morgan fingerprint density at radius 3 is 3.14 bits per heavy atom. The van der Waals surface area contributed by atoms with Gasteiger partial charge in [0.1, 0.15) is 11.2 Å². The quantitative estimate of drug-likeness (QED) is 0.659. The minimum absolute atomic E-state index is 0.318. The van der Waals surface area contributed by atoms with E-state index in [1.165, 1.54) is 28.7 Å². The van der Waals surface area contributed by atoms with Crippen LogP contribution in [0.5, 0.6) is 0 Å². The predicted octanol–water partition coefficient (Wildman–Crippen LogP) is 2.92. The molecule has 3 heteroatoms. The maximum Gasteiger partial charge on any atom is 0.127 e. The van der Waals surface area contributed by atoms with Crippen molar-refractivity contribution in [2.24, 2.45) is 0 Å². The molecule has 0 bridgehead atoms. The van der Waals surface area contributed by atoms with Crippen LogP contribution in [-0.4, -0.2) is 9.97 Å². The SMILES string of the molecule is CC1(C)CCc2sc3ncncc3c21. The molecule has 0 saturated carbocycles. The van der Waals surface area contributed by atoms with Gasteiger partial charge in [0.15, 0.2) is 0 Å². The van der Waals surface area contributed by atoms with Crippen LogP contribution < -0.4 is 0 Å². The molecule has 0 amide bonds. The highest BCUT2D eigenvalue weighted by Crippen LogP contribution is 2.46. The zero-order chi connectivity index (χ0) is 9.76. The Balaban J connectivity index is 2.41. The van der Waals surface area contributed by atoms with E-state index in [1.54, 1.807) is 6.33 Å². The average molecular weight is 204 g/mol. The highest BCUT2D eigenvalue weighted by molar-refractivity contribution is 7.18. The number of rotatable bonds is 0. The molecule has 0 aromatic carbocycles. The standard InChI is InChI=1S/C11H12N2S/c1-11(2)4-3-8-9(11)7-5-12-6-13-10(7)14-8/h5-6H,3-4H2,1-2H3. The largest absolute Gasteiger partial charge is 0.244 e. The van der Waals surface area contributed by atoms with E-state index in [0.29, 0.717) is 5.41 Å². The summed E-state index contributed by atoms with van der Waals surface area (Å²) in [5, 5.41) is 1.27. The lowest BCUT2D eigenvalue weighted by Gasteiger charge is -2.17. The summed E-state index contributed by atoms with van der Waals surface area (Å²) >= 11 is 1.84. The smallest absolute Gasteiger partial charge is 0.127 e. The summed E-state index contributed by atoms with van der Waals surface area (Å²) in [5.74, 6) is 0. The van der Waals surface area contributed by atoms with Crippen LogP contribution in [0.1, 0.15) is 30.7 Å². The van der Waals surface area contributed by atoms with Crippen LogP contribution in [0.4, 0.5) is 0 Å². The van der Waals surface area contributed by atoms with Crippen molar-refractivity contribution in [3.8, 4) is 0 Å². The molecule has 0 spiro atoms. The lowest BCUT2D eigenvalue weighted by Crippen LogP contribution is -2.11. The normalized spacial score (nSPS) is 18.7. The van der Waals surface area contributed by atoms with Crippen LogP contribution in [0, 0.1) is 0 Å². The third-order valence-corrected chi connectivity index (χ3v) is 4.27. The van der Waals surface area contributed by atoms with Crippen LogP contribution >= 0.6 is 11.3 Å². The molecule has 2 aromatic heterocycles. The Morgan fingerprint density at radius 2 is 2.29 bits per heavy atom. The zero-order valence-corrected chi connectivity index (χ0v) is 9.19. The van der Waals surface area contributed by atoms with E-state index in [9.17, 15) is 0 Å². The first kappa shape index (κ1) is 8.36. The molecule has 0 atom stereocenters. The van der Waals surface area contributed by atoms with Gasteiger partial charge in [-0.2, -0.15) is 0 Å². The monoisotopic (exact) mass is 204 g/mol. The van der Waals surface area contributed by atoms with Gasteiger partial charge in [-0.25, -0.2) is 9.97 Å². The van der Waals surface area contributed by atoms with Crippen molar-refractivity contribution < 1.29 is 0 Å². The topological polar surface area (TPSA) is 25.8 Å². The molecule has 0 N–H and O–H groups in total. The first-order chi connectivity index (χ1) is 6.68. The Morgan fingerprint density at radius 1 is 1.43 bits per heavy atom. The number of aryl methyl sites for hydroxylation is 1. The van der Waals surface area contributed by atoms with Crippen molar-refractivity contribution >= 4 is 21.6 Å². The van der Waals surface area contributed by atoms with E-state index < -0.39 is 0 Å². The van der Waals surface area contributed by atoms with Gasteiger partial charge in [-0.15, -0.1) is 11.3 Å². The van der Waals surface area contributed by atoms with Gasteiger partial charge >= 0.3 is 0 Å². The predicted molar refractivity (Wildman–Crippen MR) is 58.8 cm³/mol. The van der Waals surface area contributed by atoms with Gasteiger partial charge in [-0.1, -0.05) is 13.8 Å². The lowest BCUT2D eigenvalue weighted by molar-refractivity contribution is 0.525. The summed E-state index contributed by atoms with van der Waals surface area (Å²) in [5.41, 5.74) is 1.82. The van der Waals surface area contributed by atoms with Crippen LogP contribution in [0.2, 0.25) is 0 Å². The van der Waals surface area contributed by atoms with Crippen LogP contribution in [0.25, 0.3) is 10.2 Å². The van der Waals surface area contributed by atoms with E-state index >= 15 is 0 Å². The Bertz CT molecular complexity index is 499. The molecule has 3 rings (SSSR count). The van der Waals surface area contributed by atoms with Crippen molar-refractivity contribution in [2.45, 2.75) is 32.1 Å². The summed E-state index contributed by atoms with van der Waals surface area (Å²) in [4.78, 5) is 11.1. The highest BCUT2D eigenvalue weighted by atomic mass is 32.1. The third kappa shape index (κ3) is 0.960. The Hall–Kier alpha value is -0.960. The van der Waals surface area contributed by atoms with Crippen molar-refractivity contribution in [3.63, 3.8) is 0 Å². The van der Waals surface area contributed by atoms with Crippen molar-refractivity contribution in [1.82, 2.24) is 9.97 Å². The number of hydrogen-bond donors (Lipinski definition) is 0. The van der Waals surface area contributed by atoms with Gasteiger partial charge in [0.2, 0.25) is 0 Å². The molecule has 0 radical (unpaired) electrons. The van der Waals surface area contributed by atoms with E-state index in [-0.39, 0.29) is 0 Å². The summed E-state index contributed by atoms with van der Waals surface area (Å²) in [6.07, 6.45) is 6.08. The third-order valence-electron chi connectivity index (χ3n) is 3.10. The van der Waals surface area contributed by atoms with Crippen molar-refractivity contribution in [3.05, 3.63) is 23.0 Å². The average Bonchev–Trinajstić information content (AvgIpc) is 2.65. The molecular formula is C11H12N2S. The van der Waals surface area contributed by atoms with Gasteiger partial charge < -0.3 is 0 Å². The van der Waals surface area contributed by atoms with Gasteiger partial charge in [0, 0.05) is 16.5 Å². The molecule has 72 valence electrons. The highest BCUT2D eigenvalue weighted by Gasteiger charge is 2.33. The maximum absolute atomic E-state index is 4.32. The first-order valence-corrected chi connectivity index (χ1v) is 5.72. The van der Waals surface area contributed by atoms with E-state index in [0.717, 1.165) is 4.83 Å². The van der Waals surface area contributed by atoms with E-state index in [1.807, 2.05) is 17.5 Å². The van der Waals surface area contributed by atoms with Crippen LogP contribution in [0.15, 0.2) is 12.5 Å². The maximum atomic E-state index is 4.32. The minimum atomic E-state index is 0.318. The molecule has 1 aliphatic carbocycles. The molecule has 1 aliphatic rings. The number of hydrogen-bond acceptors (Lipinski definition) is 3. The number of aromatic nitrogens is 2. The summed E-state index contributed by atoms with van der Waals surface area (Å²) in [6, 6.07) is 0. The van der Waals surface area contributed by atoms with Gasteiger partial charge in [0.25, 0.3) is 0 Å².